The van der Waals surface area contributed by atoms with E-state index in [4.69, 9.17) is 0 Å². The number of rotatable bonds is 5. The van der Waals surface area contributed by atoms with Gasteiger partial charge in [-0.3, -0.25) is 9.69 Å². The fourth-order valence-electron chi connectivity index (χ4n) is 4.66. The van der Waals surface area contributed by atoms with Crippen molar-refractivity contribution < 1.29 is 13.6 Å². The van der Waals surface area contributed by atoms with E-state index >= 15 is 0 Å². The maximum atomic E-state index is 13.6. The Labute approximate surface area is 202 Å². The summed E-state index contributed by atoms with van der Waals surface area (Å²) in [5.74, 6) is 0.312. The van der Waals surface area contributed by atoms with Crippen molar-refractivity contribution in [3.63, 3.8) is 0 Å². The molecule has 2 aromatic carbocycles. The standard InChI is InChI=1S/C26H26F2N6O/c1-17-15-18(2)34-26(29-17)30-23(31-34)16-24(35)32-11-13-33(14-12-32)25(19-3-7-21(27)8-4-19)20-5-9-22(28)10-6-20/h3-10,15,25H,11-14,16H2,1-2H3. The van der Waals surface area contributed by atoms with Gasteiger partial charge in [0.2, 0.25) is 5.91 Å². The Kier molecular flexibility index (Phi) is 6.25. The Morgan fingerprint density at radius 3 is 2.03 bits per heavy atom. The first-order valence-corrected chi connectivity index (χ1v) is 11.6. The number of carbonyl (C=O) groups excluding carboxylic acids is 1. The molecule has 0 N–H and O–H groups in total. The van der Waals surface area contributed by atoms with E-state index in [9.17, 15) is 13.6 Å². The minimum Gasteiger partial charge on any atom is -0.340 e. The summed E-state index contributed by atoms with van der Waals surface area (Å²) in [5.41, 5.74) is 3.61. The monoisotopic (exact) mass is 476 g/mol. The second-order valence-corrected chi connectivity index (χ2v) is 8.88. The summed E-state index contributed by atoms with van der Waals surface area (Å²) < 4.78 is 28.8. The van der Waals surface area contributed by atoms with E-state index in [1.807, 2.05) is 24.8 Å². The lowest BCUT2D eigenvalue weighted by Crippen LogP contribution is -2.50. The van der Waals surface area contributed by atoms with Crippen LogP contribution in [0.3, 0.4) is 0 Å². The average molecular weight is 477 g/mol. The molecule has 0 radical (unpaired) electrons. The zero-order valence-electron chi connectivity index (χ0n) is 19.7. The molecule has 9 heteroatoms. The first-order chi connectivity index (χ1) is 16.9. The van der Waals surface area contributed by atoms with Crippen LogP contribution in [0.2, 0.25) is 0 Å². The van der Waals surface area contributed by atoms with Crippen molar-refractivity contribution in [2.75, 3.05) is 26.2 Å². The third kappa shape index (κ3) is 4.90. The number of carbonyl (C=O) groups is 1. The molecule has 0 aliphatic carbocycles. The van der Waals surface area contributed by atoms with E-state index in [2.05, 4.69) is 20.0 Å². The van der Waals surface area contributed by atoms with Crippen LogP contribution in [-0.4, -0.2) is 61.5 Å². The van der Waals surface area contributed by atoms with Gasteiger partial charge in [-0.1, -0.05) is 24.3 Å². The zero-order valence-corrected chi connectivity index (χ0v) is 19.7. The van der Waals surface area contributed by atoms with Crippen molar-refractivity contribution in [3.05, 3.63) is 94.6 Å². The second kappa shape index (κ2) is 9.50. The number of fused-ring (bicyclic) bond motifs is 1. The van der Waals surface area contributed by atoms with Crippen molar-refractivity contribution in [3.8, 4) is 0 Å². The Bertz CT molecular complexity index is 1300. The lowest BCUT2D eigenvalue weighted by Gasteiger charge is -2.39. The fourth-order valence-corrected chi connectivity index (χ4v) is 4.66. The van der Waals surface area contributed by atoms with Crippen LogP contribution in [0.25, 0.3) is 5.78 Å². The summed E-state index contributed by atoms with van der Waals surface area (Å²) in [5, 5.41) is 4.45. The molecule has 3 heterocycles. The molecule has 1 fully saturated rings. The minimum absolute atomic E-state index is 0.0324. The highest BCUT2D eigenvalue weighted by atomic mass is 19.1. The number of hydrogen-bond donors (Lipinski definition) is 0. The highest BCUT2D eigenvalue weighted by Crippen LogP contribution is 2.30. The summed E-state index contributed by atoms with van der Waals surface area (Å²) in [6.45, 7) is 6.17. The molecule has 0 atom stereocenters. The van der Waals surface area contributed by atoms with Crippen LogP contribution in [0.4, 0.5) is 8.78 Å². The molecule has 1 aliphatic heterocycles. The molecule has 180 valence electrons. The van der Waals surface area contributed by atoms with Gasteiger partial charge in [0.25, 0.3) is 5.78 Å². The summed E-state index contributed by atoms with van der Waals surface area (Å²) in [6.07, 6.45) is 0.112. The molecule has 1 saturated heterocycles. The van der Waals surface area contributed by atoms with Crippen molar-refractivity contribution >= 4 is 11.7 Å². The number of hydrogen-bond acceptors (Lipinski definition) is 5. The Morgan fingerprint density at radius 2 is 1.46 bits per heavy atom. The molecule has 0 bridgehead atoms. The number of aromatic nitrogens is 4. The maximum Gasteiger partial charge on any atom is 0.252 e. The number of aryl methyl sites for hydroxylation is 2. The van der Waals surface area contributed by atoms with E-state index in [1.165, 1.54) is 24.3 Å². The van der Waals surface area contributed by atoms with E-state index in [1.54, 1.807) is 28.8 Å². The number of piperazine rings is 1. The zero-order chi connectivity index (χ0) is 24.5. The van der Waals surface area contributed by atoms with Crippen LogP contribution < -0.4 is 0 Å². The molecule has 1 amide bonds. The number of benzene rings is 2. The van der Waals surface area contributed by atoms with Gasteiger partial charge in [-0.15, -0.1) is 5.10 Å². The summed E-state index contributed by atoms with van der Waals surface area (Å²) in [4.78, 5) is 25.9. The fraction of sp³-hybridized carbons (Fsp3) is 0.308. The first kappa shape index (κ1) is 23.0. The van der Waals surface area contributed by atoms with Gasteiger partial charge in [0.15, 0.2) is 5.82 Å². The molecule has 0 spiro atoms. The molecule has 4 aromatic rings. The maximum absolute atomic E-state index is 13.6. The van der Waals surface area contributed by atoms with Crippen molar-refractivity contribution in [1.29, 1.82) is 0 Å². The third-order valence-corrected chi connectivity index (χ3v) is 6.38. The summed E-state index contributed by atoms with van der Waals surface area (Å²) in [7, 11) is 0. The van der Waals surface area contributed by atoms with Crippen LogP contribution >= 0.6 is 0 Å². The smallest absolute Gasteiger partial charge is 0.252 e. The van der Waals surface area contributed by atoms with Gasteiger partial charge in [0.05, 0.1) is 12.5 Å². The van der Waals surface area contributed by atoms with Crippen molar-refractivity contribution in [2.24, 2.45) is 0 Å². The molecule has 0 unspecified atom stereocenters. The van der Waals surface area contributed by atoms with E-state index < -0.39 is 0 Å². The van der Waals surface area contributed by atoms with Gasteiger partial charge < -0.3 is 4.90 Å². The van der Waals surface area contributed by atoms with Crippen molar-refractivity contribution in [1.82, 2.24) is 29.4 Å². The molecule has 1 aliphatic rings. The van der Waals surface area contributed by atoms with Crippen LogP contribution in [0.1, 0.15) is 34.4 Å². The normalized spacial score (nSPS) is 14.7. The van der Waals surface area contributed by atoms with E-state index in [0.29, 0.717) is 37.8 Å². The summed E-state index contributed by atoms with van der Waals surface area (Å²) in [6, 6.07) is 14.5. The number of nitrogens with zero attached hydrogens (tertiary/aromatic N) is 6. The lowest BCUT2D eigenvalue weighted by molar-refractivity contribution is -0.132. The molecule has 2 aromatic heterocycles. The predicted octanol–water partition coefficient (Wildman–Crippen LogP) is 3.50. The van der Waals surface area contributed by atoms with Crippen LogP contribution in [-0.2, 0) is 11.2 Å². The van der Waals surface area contributed by atoms with E-state index in [0.717, 1.165) is 22.5 Å². The highest BCUT2D eigenvalue weighted by molar-refractivity contribution is 5.78. The molecule has 5 rings (SSSR count). The van der Waals surface area contributed by atoms with Gasteiger partial charge in [-0.05, 0) is 55.3 Å². The number of amides is 1. The molecular formula is C26H26F2N6O. The SMILES string of the molecule is Cc1cc(C)n2nc(CC(=O)N3CCN(C(c4ccc(F)cc4)c4ccc(F)cc4)CC3)nc2n1. The first-order valence-electron chi connectivity index (χ1n) is 11.6. The Morgan fingerprint density at radius 1 is 0.886 bits per heavy atom. The van der Waals surface area contributed by atoms with Crippen LogP contribution in [0, 0.1) is 25.5 Å². The van der Waals surface area contributed by atoms with Gasteiger partial charge >= 0.3 is 0 Å². The number of halogens is 2. The van der Waals surface area contributed by atoms with Crippen molar-refractivity contribution in [2.45, 2.75) is 26.3 Å². The predicted molar refractivity (Wildman–Crippen MR) is 127 cm³/mol. The van der Waals surface area contributed by atoms with Gasteiger partial charge in [0, 0.05) is 37.6 Å². The van der Waals surface area contributed by atoms with Gasteiger partial charge in [-0.25, -0.2) is 18.3 Å². The second-order valence-electron chi connectivity index (χ2n) is 8.88. The van der Waals surface area contributed by atoms with Crippen LogP contribution in [0.15, 0.2) is 54.6 Å². The highest BCUT2D eigenvalue weighted by Gasteiger charge is 2.29. The molecule has 35 heavy (non-hydrogen) atoms. The average Bonchev–Trinajstić information content (AvgIpc) is 3.24. The topological polar surface area (TPSA) is 66.6 Å². The Hall–Kier alpha value is -3.72. The molecular weight excluding hydrogens is 450 g/mol. The van der Waals surface area contributed by atoms with Crippen LogP contribution in [0.5, 0.6) is 0 Å². The molecule has 7 nitrogen and oxygen atoms in total. The van der Waals surface area contributed by atoms with Gasteiger partial charge in [0.1, 0.15) is 11.6 Å². The Balaban J connectivity index is 1.29. The molecule has 0 saturated carbocycles. The summed E-state index contributed by atoms with van der Waals surface area (Å²) >= 11 is 0. The minimum atomic E-state index is -0.303. The largest absolute Gasteiger partial charge is 0.340 e. The van der Waals surface area contributed by atoms with Gasteiger partial charge in [-0.2, -0.15) is 4.98 Å². The third-order valence-electron chi connectivity index (χ3n) is 6.38. The van der Waals surface area contributed by atoms with E-state index in [-0.39, 0.29) is 30.0 Å². The quantitative estimate of drug-likeness (QED) is 0.441. The lowest BCUT2D eigenvalue weighted by atomic mass is 9.96.